The molecule has 0 saturated heterocycles. The molecule has 0 radical (unpaired) electrons. The highest BCUT2D eigenvalue weighted by Crippen LogP contribution is 2.57. The van der Waals surface area contributed by atoms with Gasteiger partial charge in [0.05, 0.1) is 0 Å². The first-order chi connectivity index (χ1) is 11.4. The van der Waals surface area contributed by atoms with Gasteiger partial charge in [-0.15, -0.1) is 15.0 Å². The third kappa shape index (κ3) is 2.86. The van der Waals surface area contributed by atoms with Gasteiger partial charge in [-0.2, -0.15) is 0 Å². The molecule has 1 N–H and O–H groups in total. The first kappa shape index (κ1) is 18.0. The van der Waals surface area contributed by atoms with Gasteiger partial charge >= 0.3 is 0 Å². The third-order valence-electron chi connectivity index (χ3n) is 5.50. The van der Waals surface area contributed by atoms with E-state index in [2.05, 4.69) is 57.8 Å². The quantitative estimate of drug-likeness (QED) is 0.694. The fourth-order valence-corrected chi connectivity index (χ4v) is 4.22. The summed E-state index contributed by atoms with van der Waals surface area (Å²) >= 11 is 6.05. The van der Waals surface area contributed by atoms with Crippen LogP contribution in [0.1, 0.15) is 48.0 Å². The second-order valence-electron chi connectivity index (χ2n) is 8.92. The first-order valence-corrected chi connectivity index (χ1v) is 8.98. The SMILES string of the molecule is CC(C)(C)C1(C(C)(C)C)C=C(n2nc3ccc(Cl)cc3n2)C(O)=CC1. The van der Waals surface area contributed by atoms with Crippen LogP contribution in [0.15, 0.2) is 36.1 Å². The molecule has 5 heteroatoms. The summed E-state index contributed by atoms with van der Waals surface area (Å²) in [5.74, 6) is 0.218. The molecular weight excluding hydrogens is 334 g/mol. The van der Waals surface area contributed by atoms with Gasteiger partial charge in [0.2, 0.25) is 0 Å². The van der Waals surface area contributed by atoms with Crippen LogP contribution in [0.4, 0.5) is 0 Å². The summed E-state index contributed by atoms with van der Waals surface area (Å²) in [6.07, 6.45) is 4.83. The van der Waals surface area contributed by atoms with Crippen LogP contribution in [0.5, 0.6) is 0 Å². The average Bonchev–Trinajstić information content (AvgIpc) is 2.87. The Labute approximate surface area is 154 Å². The number of aromatic nitrogens is 3. The molecule has 0 aliphatic heterocycles. The van der Waals surface area contributed by atoms with Crippen molar-refractivity contribution in [2.45, 2.75) is 48.0 Å². The Bertz CT molecular complexity index is 864. The lowest BCUT2D eigenvalue weighted by Gasteiger charge is -2.53. The molecule has 4 nitrogen and oxygen atoms in total. The summed E-state index contributed by atoms with van der Waals surface area (Å²) in [7, 11) is 0. The maximum atomic E-state index is 10.5. The van der Waals surface area contributed by atoms with E-state index in [1.807, 2.05) is 12.1 Å². The molecular formula is C20H26ClN3O. The zero-order valence-corrected chi connectivity index (χ0v) is 16.5. The fraction of sp³-hybridized carbons (Fsp3) is 0.500. The Morgan fingerprint density at radius 1 is 1.04 bits per heavy atom. The number of aliphatic hydroxyl groups is 1. The number of allylic oxidation sites excluding steroid dienone is 3. The molecule has 25 heavy (non-hydrogen) atoms. The summed E-state index contributed by atoms with van der Waals surface area (Å²) in [4.78, 5) is 1.53. The highest BCUT2D eigenvalue weighted by molar-refractivity contribution is 6.31. The number of fused-ring (bicyclic) bond motifs is 1. The first-order valence-electron chi connectivity index (χ1n) is 8.60. The number of benzene rings is 1. The van der Waals surface area contributed by atoms with E-state index in [-0.39, 0.29) is 22.0 Å². The molecule has 0 spiro atoms. The lowest BCUT2D eigenvalue weighted by atomic mass is 9.51. The Hall–Kier alpha value is -1.81. The highest BCUT2D eigenvalue weighted by atomic mass is 35.5. The molecule has 1 heterocycles. The van der Waals surface area contributed by atoms with Gasteiger partial charge < -0.3 is 5.11 Å². The number of nitrogens with zero attached hydrogens (tertiary/aromatic N) is 3. The highest BCUT2D eigenvalue weighted by Gasteiger charge is 2.50. The van der Waals surface area contributed by atoms with E-state index in [0.29, 0.717) is 16.2 Å². The maximum Gasteiger partial charge on any atom is 0.138 e. The Morgan fingerprint density at radius 2 is 1.64 bits per heavy atom. The van der Waals surface area contributed by atoms with E-state index in [1.165, 1.54) is 4.80 Å². The third-order valence-corrected chi connectivity index (χ3v) is 5.73. The van der Waals surface area contributed by atoms with Crippen molar-refractivity contribution in [3.8, 4) is 0 Å². The van der Waals surface area contributed by atoms with Crippen molar-refractivity contribution in [2.24, 2.45) is 16.2 Å². The second kappa shape index (κ2) is 5.60. The molecule has 3 rings (SSSR count). The summed E-state index contributed by atoms with van der Waals surface area (Å²) < 4.78 is 0. The van der Waals surface area contributed by atoms with Crippen LogP contribution in [0.2, 0.25) is 5.02 Å². The zero-order chi connectivity index (χ0) is 18.6. The van der Waals surface area contributed by atoms with Crippen LogP contribution in [-0.4, -0.2) is 20.1 Å². The Kier molecular flexibility index (Phi) is 4.03. The maximum absolute atomic E-state index is 10.5. The zero-order valence-electron chi connectivity index (χ0n) is 15.8. The van der Waals surface area contributed by atoms with Crippen LogP contribution < -0.4 is 0 Å². The van der Waals surface area contributed by atoms with E-state index in [4.69, 9.17) is 11.6 Å². The normalized spacial score (nSPS) is 18.2. The van der Waals surface area contributed by atoms with Crippen molar-refractivity contribution in [3.05, 3.63) is 41.1 Å². The minimum atomic E-state index is -0.140. The lowest BCUT2D eigenvalue weighted by molar-refractivity contribution is 0.0179. The lowest BCUT2D eigenvalue weighted by Crippen LogP contribution is -2.46. The number of hydrogen-bond acceptors (Lipinski definition) is 3. The molecule has 2 aromatic rings. The summed E-state index contributed by atoms with van der Waals surface area (Å²) in [5, 5.41) is 20.2. The predicted molar refractivity (Wildman–Crippen MR) is 103 cm³/mol. The predicted octanol–water partition coefficient (Wildman–Crippen LogP) is 5.85. The van der Waals surface area contributed by atoms with Gasteiger partial charge in [0.1, 0.15) is 22.5 Å². The molecule has 0 fully saturated rings. The number of rotatable bonds is 1. The summed E-state index contributed by atoms with van der Waals surface area (Å²) in [6, 6.07) is 5.42. The van der Waals surface area contributed by atoms with Crippen molar-refractivity contribution in [1.29, 1.82) is 0 Å². The van der Waals surface area contributed by atoms with Gasteiger partial charge in [-0.3, -0.25) is 0 Å². The summed E-state index contributed by atoms with van der Waals surface area (Å²) in [6.45, 7) is 13.5. The van der Waals surface area contributed by atoms with Crippen LogP contribution in [0.25, 0.3) is 16.7 Å². The topological polar surface area (TPSA) is 50.9 Å². The standard InChI is InChI=1S/C20H26ClN3O/c1-18(2,3)20(19(4,5)6)10-9-17(25)16(12-20)24-22-14-8-7-13(21)11-15(14)23-24/h7-9,11-12,25H,10H2,1-6H3. The second-order valence-corrected chi connectivity index (χ2v) is 9.35. The largest absolute Gasteiger partial charge is 0.506 e. The molecule has 0 amide bonds. The molecule has 0 unspecified atom stereocenters. The Morgan fingerprint density at radius 3 is 2.24 bits per heavy atom. The summed E-state index contributed by atoms with van der Waals surface area (Å²) in [5.41, 5.74) is 1.96. The van der Waals surface area contributed by atoms with Crippen LogP contribution in [-0.2, 0) is 0 Å². The van der Waals surface area contributed by atoms with Crippen molar-refractivity contribution in [1.82, 2.24) is 15.0 Å². The number of aliphatic hydroxyl groups excluding tert-OH is 1. The molecule has 0 bridgehead atoms. The van der Waals surface area contributed by atoms with Crippen LogP contribution >= 0.6 is 11.6 Å². The van der Waals surface area contributed by atoms with E-state index in [1.54, 1.807) is 12.1 Å². The van der Waals surface area contributed by atoms with Crippen molar-refractivity contribution >= 4 is 28.3 Å². The average molecular weight is 360 g/mol. The van der Waals surface area contributed by atoms with E-state index in [0.717, 1.165) is 11.9 Å². The van der Waals surface area contributed by atoms with Gasteiger partial charge in [0, 0.05) is 10.4 Å². The molecule has 0 atom stereocenters. The fourth-order valence-electron chi connectivity index (χ4n) is 4.05. The number of hydrogen-bond donors (Lipinski definition) is 1. The van der Waals surface area contributed by atoms with Gasteiger partial charge in [-0.1, -0.05) is 53.1 Å². The smallest absolute Gasteiger partial charge is 0.138 e. The van der Waals surface area contributed by atoms with Crippen LogP contribution in [0, 0.1) is 16.2 Å². The van der Waals surface area contributed by atoms with Crippen molar-refractivity contribution in [2.75, 3.05) is 0 Å². The molecule has 0 saturated carbocycles. The van der Waals surface area contributed by atoms with Gasteiger partial charge in [0.25, 0.3) is 0 Å². The molecule has 134 valence electrons. The number of halogens is 1. The minimum absolute atomic E-state index is 0.00356. The molecule has 1 aromatic heterocycles. The van der Waals surface area contributed by atoms with Gasteiger partial charge in [0.15, 0.2) is 0 Å². The Balaban J connectivity index is 2.20. The van der Waals surface area contributed by atoms with Crippen LogP contribution in [0.3, 0.4) is 0 Å². The van der Waals surface area contributed by atoms with E-state index >= 15 is 0 Å². The van der Waals surface area contributed by atoms with Crippen molar-refractivity contribution in [3.63, 3.8) is 0 Å². The molecule has 1 aliphatic carbocycles. The minimum Gasteiger partial charge on any atom is -0.506 e. The van der Waals surface area contributed by atoms with E-state index in [9.17, 15) is 5.11 Å². The molecule has 1 aromatic carbocycles. The monoisotopic (exact) mass is 359 g/mol. The van der Waals surface area contributed by atoms with E-state index < -0.39 is 0 Å². The van der Waals surface area contributed by atoms with Crippen molar-refractivity contribution < 1.29 is 5.11 Å². The van der Waals surface area contributed by atoms with Gasteiger partial charge in [-0.05, 0) is 47.6 Å². The van der Waals surface area contributed by atoms with Gasteiger partial charge in [-0.25, -0.2) is 0 Å². The molecule has 1 aliphatic rings.